The molecule has 0 saturated carbocycles. The Bertz CT molecular complexity index is 14.4. The maximum absolute atomic E-state index is 8.40. The van der Waals surface area contributed by atoms with Gasteiger partial charge >= 0.3 is 29.6 Å². The molecule has 0 aromatic heterocycles. The third-order valence-electron chi connectivity index (χ3n) is 0. The van der Waals surface area contributed by atoms with Gasteiger partial charge in [-0.3, -0.25) is 0 Å². The van der Waals surface area contributed by atoms with Crippen LogP contribution >= 0.6 is 8.69 Å². The smallest absolute Gasteiger partial charge is 0.597 e. The molecule has 0 fully saturated rings. The van der Waals surface area contributed by atoms with Crippen LogP contribution in [0, 0.1) is 0 Å². The second-order valence-electron chi connectivity index (χ2n) is 0.0833. The quantitative estimate of drug-likeness (QED) is 0.230. The van der Waals surface area contributed by atoms with Gasteiger partial charge in [0.1, 0.15) is 0 Å². The summed E-state index contributed by atoms with van der Waals surface area (Å²) in [7, 11) is -1.42. The van der Waals surface area contributed by atoms with Gasteiger partial charge in [0.15, 0.2) is 0 Å². The topological polar surface area (TPSA) is 71.6 Å². The third-order valence-corrected chi connectivity index (χ3v) is 0. The third kappa shape index (κ3) is 44.0. The molecule has 0 aromatic rings. The number of rotatable bonds is 0. The summed E-state index contributed by atoms with van der Waals surface area (Å²) in [5.74, 6) is 0. The molecule has 2 N–H and O–H groups in total. The Labute approximate surface area is 53.3 Å². The zero-order valence-electron chi connectivity index (χ0n) is 2.82. The first-order valence-electron chi connectivity index (χ1n) is 0.408. The van der Waals surface area contributed by atoms with Gasteiger partial charge in [0, 0.05) is 0 Å². The number of hydrogen-bond acceptors (Lipinski definition) is 2. The molecule has 3 nitrogen and oxygen atoms in total. The van der Waals surface area contributed by atoms with E-state index in [-0.39, 0.29) is 35.0 Å². The van der Waals surface area contributed by atoms with E-state index in [0.29, 0.717) is 0 Å². The van der Waals surface area contributed by atoms with Crippen molar-refractivity contribution in [2.45, 2.75) is 0 Å². The van der Waals surface area contributed by atoms with Gasteiger partial charge in [-0.25, -0.2) is 0 Å². The van der Waals surface area contributed by atoms with Crippen molar-refractivity contribution in [3.63, 3.8) is 0 Å². The standard InChI is InChI=1S/Na.HO2P.H2O/c;1-3-2;/h;3H;1H2/q+1;;. The molecular formula is H3NaO3P+. The van der Waals surface area contributed by atoms with E-state index >= 15 is 0 Å². The largest absolute Gasteiger partial charge is 1.00 e. The summed E-state index contributed by atoms with van der Waals surface area (Å²) in [6, 6.07) is 0. The molecule has 0 rings (SSSR count). The fraction of sp³-hybridized carbons (Fsp3) is 0. The molecule has 0 saturated heterocycles. The average Bonchev–Trinajstić information content (AvgIpc) is 0.918. The molecule has 0 aliphatic rings. The Morgan fingerprint density at radius 1 is 1.60 bits per heavy atom. The minimum absolute atomic E-state index is 0. The van der Waals surface area contributed by atoms with Gasteiger partial charge in [0.25, 0.3) is 8.69 Å². The molecule has 0 heterocycles. The van der Waals surface area contributed by atoms with Gasteiger partial charge in [-0.05, 0) is 0 Å². The summed E-state index contributed by atoms with van der Waals surface area (Å²) in [6.45, 7) is 0. The average molecular weight is 105 g/mol. The minimum atomic E-state index is -1.42. The number of hydrogen-bond donors (Lipinski definition) is 0. The summed E-state index contributed by atoms with van der Waals surface area (Å²) in [4.78, 5) is 8.40. The molecule has 0 amide bonds. The predicted octanol–water partition coefficient (Wildman–Crippen LogP) is -4.53. The molecule has 0 radical (unpaired) electrons. The van der Waals surface area contributed by atoms with Gasteiger partial charge < -0.3 is 10.4 Å². The maximum atomic E-state index is 8.40. The van der Waals surface area contributed by atoms with Crippen molar-refractivity contribution in [3.8, 4) is 0 Å². The van der Waals surface area contributed by atoms with Crippen LogP contribution in [0.5, 0.6) is 0 Å². The normalized spacial score (nSPS) is 4.20. The zero-order chi connectivity index (χ0) is 2.71. The van der Waals surface area contributed by atoms with Crippen molar-refractivity contribution in [1.29, 1.82) is 0 Å². The van der Waals surface area contributed by atoms with E-state index < -0.39 is 8.69 Å². The van der Waals surface area contributed by atoms with Crippen LogP contribution < -0.4 is 34.5 Å². The maximum Gasteiger partial charge on any atom is 1.00 e. The molecule has 0 aromatic carbocycles. The Hall–Kier alpha value is 1.02. The Kier molecular flexibility index (Phi) is 66.1. The minimum Gasteiger partial charge on any atom is -0.597 e. The van der Waals surface area contributed by atoms with E-state index in [0.717, 1.165) is 0 Å². The van der Waals surface area contributed by atoms with Crippen molar-refractivity contribution in [2.24, 2.45) is 0 Å². The molecule has 0 bridgehead atoms. The molecule has 26 valence electrons. The van der Waals surface area contributed by atoms with Crippen molar-refractivity contribution in [1.82, 2.24) is 0 Å². The van der Waals surface area contributed by atoms with Crippen LogP contribution in [0.3, 0.4) is 0 Å². The van der Waals surface area contributed by atoms with Gasteiger partial charge in [-0.15, -0.1) is 0 Å². The van der Waals surface area contributed by atoms with Gasteiger partial charge in [0.05, 0.1) is 0 Å². The Balaban J connectivity index is -0.0000000200. The second-order valence-corrected chi connectivity index (χ2v) is 0.250. The molecular weight excluding hydrogens is 102 g/mol. The fourth-order valence-electron chi connectivity index (χ4n) is 0. The van der Waals surface area contributed by atoms with Crippen molar-refractivity contribution >= 4 is 8.69 Å². The van der Waals surface area contributed by atoms with Crippen LogP contribution in [-0.4, -0.2) is 5.48 Å². The van der Waals surface area contributed by atoms with E-state index in [9.17, 15) is 0 Å². The summed E-state index contributed by atoms with van der Waals surface area (Å²) >= 11 is 0. The van der Waals surface area contributed by atoms with Crippen LogP contribution in [0.25, 0.3) is 0 Å². The van der Waals surface area contributed by atoms with Crippen LogP contribution in [-0.2, 0) is 4.57 Å². The molecule has 0 spiro atoms. The van der Waals surface area contributed by atoms with Crippen molar-refractivity contribution in [2.75, 3.05) is 0 Å². The summed E-state index contributed by atoms with van der Waals surface area (Å²) in [5.41, 5.74) is 0. The van der Waals surface area contributed by atoms with E-state index in [4.69, 9.17) is 9.46 Å². The first kappa shape index (κ1) is 16.6. The van der Waals surface area contributed by atoms with Gasteiger partial charge in [-0.2, -0.15) is 0 Å². The molecule has 5 heavy (non-hydrogen) atoms. The van der Waals surface area contributed by atoms with E-state index in [1.165, 1.54) is 0 Å². The first-order chi connectivity index (χ1) is 1.41. The molecule has 5 heteroatoms. The zero-order valence-corrected chi connectivity index (χ0v) is 5.82. The second kappa shape index (κ2) is 19.9. The van der Waals surface area contributed by atoms with Gasteiger partial charge in [-0.1, -0.05) is 4.57 Å². The van der Waals surface area contributed by atoms with Crippen LogP contribution in [0.15, 0.2) is 0 Å². The summed E-state index contributed by atoms with van der Waals surface area (Å²) in [6.07, 6.45) is 0. The summed E-state index contributed by atoms with van der Waals surface area (Å²) < 4.78 is 8.40. The molecule has 0 aliphatic carbocycles. The van der Waals surface area contributed by atoms with E-state index in [2.05, 4.69) is 0 Å². The van der Waals surface area contributed by atoms with Gasteiger partial charge in [0.2, 0.25) is 0 Å². The Morgan fingerprint density at radius 3 is 1.60 bits per heavy atom. The van der Waals surface area contributed by atoms with Crippen LogP contribution in [0.4, 0.5) is 0 Å². The van der Waals surface area contributed by atoms with E-state index in [1.807, 2.05) is 0 Å². The SMILES string of the molecule is O.O=[PH+][O-].[Na+]. The molecule has 1 atom stereocenters. The molecule has 0 aliphatic heterocycles. The fourth-order valence-corrected chi connectivity index (χ4v) is 0. The molecule has 1 unspecified atom stereocenters. The van der Waals surface area contributed by atoms with Crippen molar-refractivity contribution < 1.29 is 44.5 Å². The van der Waals surface area contributed by atoms with Crippen LogP contribution in [0.1, 0.15) is 0 Å². The Morgan fingerprint density at radius 2 is 1.60 bits per heavy atom. The van der Waals surface area contributed by atoms with Crippen LogP contribution in [0.2, 0.25) is 0 Å². The predicted molar refractivity (Wildman–Crippen MR) is 12.6 cm³/mol. The monoisotopic (exact) mass is 105 g/mol. The van der Waals surface area contributed by atoms with Crippen molar-refractivity contribution in [3.05, 3.63) is 0 Å². The van der Waals surface area contributed by atoms with E-state index in [1.54, 1.807) is 0 Å². The summed E-state index contributed by atoms with van der Waals surface area (Å²) in [5, 5.41) is 0. The first-order valence-corrected chi connectivity index (χ1v) is 1.22.